The number of thiocarbonyl (C=S) groups is 1. The Labute approximate surface area is 188 Å². The summed E-state index contributed by atoms with van der Waals surface area (Å²) in [5.41, 5.74) is 2.07. The summed E-state index contributed by atoms with van der Waals surface area (Å²) in [4.78, 5) is 12.3. The molecule has 0 heterocycles. The summed E-state index contributed by atoms with van der Waals surface area (Å²) in [6.07, 6.45) is 0.214. The summed E-state index contributed by atoms with van der Waals surface area (Å²) < 4.78 is 27.4. The van der Waals surface area contributed by atoms with Crippen LogP contribution in [0, 0.1) is 0 Å². The molecule has 0 radical (unpaired) electrons. The summed E-state index contributed by atoms with van der Waals surface area (Å²) in [6, 6.07) is 24.6. The summed E-state index contributed by atoms with van der Waals surface area (Å²) in [5, 5.41) is 5.68. The van der Waals surface area contributed by atoms with Crippen LogP contribution in [-0.4, -0.2) is 26.0 Å². The fourth-order valence-corrected chi connectivity index (χ4v) is 4.74. The van der Waals surface area contributed by atoms with Gasteiger partial charge in [0.15, 0.2) is 5.11 Å². The van der Waals surface area contributed by atoms with Crippen molar-refractivity contribution in [2.75, 3.05) is 16.2 Å². The van der Waals surface area contributed by atoms with E-state index >= 15 is 0 Å². The highest BCUT2D eigenvalue weighted by Crippen LogP contribution is 2.24. The number of hydrogen-bond donors (Lipinski definition) is 2. The maximum Gasteiger partial charge on any atom is 0.264 e. The van der Waals surface area contributed by atoms with Gasteiger partial charge in [0.2, 0.25) is 5.91 Å². The van der Waals surface area contributed by atoms with Crippen LogP contribution in [-0.2, 0) is 21.2 Å². The maximum atomic E-state index is 13.0. The molecular weight excluding hydrogens is 430 g/mol. The molecule has 3 rings (SSSR count). The number of carbonyl (C=O) groups excluding carboxylic acids is 1. The summed E-state index contributed by atoms with van der Waals surface area (Å²) in [5.74, 6) is -0.232. The summed E-state index contributed by atoms with van der Waals surface area (Å²) >= 11 is 5.19. The molecule has 2 N–H and O–H groups in total. The normalized spacial score (nSPS) is 10.9. The Bertz CT molecular complexity index is 1130. The minimum absolute atomic E-state index is 0.149. The Morgan fingerprint density at radius 1 is 0.903 bits per heavy atom. The van der Waals surface area contributed by atoms with E-state index in [9.17, 15) is 13.2 Å². The van der Waals surface area contributed by atoms with Crippen molar-refractivity contribution in [3.05, 3.63) is 90.5 Å². The number of anilines is 2. The van der Waals surface area contributed by atoms with Crippen LogP contribution in [0.5, 0.6) is 0 Å². The minimum atomic E-state index is -3.70. The van der Waals surface area contributed by atoms with E-state index in [1.54, 1.807) is 43.3 Å². The van der Waals surface area contributed by atoms with E-state index in [1.807, 2.05) is 36.4 Å². The number of rotatable bonds is 7. The summed E-state index contributed by atoms with van der Waals surface area (Å²) in [6.45, 7) is 2.10. The van der Waals surface area contributed by atoms with Gasteiger partial charge in [-0.05, 0) is 61.1 Å². The predicted octanol–water partition coefficient (Wildman–Crippen LogP) is 3.96. The first-order valence-corrected chi connectivity index (χ1v) is 11.6. The molecule has 0 aliphatic carbocycles. The number of hydrogen-bond acceptors (Lipinski definition) is 4. The number of nitrogens with one attached hydrogen (secondary N) is 2. The molecule has 0 saturated heterocycles. The van der Waals surface area contributed by atoms with Crippen LogP contribution in [0.15, 0.2) is 89.8 Å². The predicted molar refractivity (Wildman–Crippen MR) is 128 cm³/mol. The van der Waals surface area contributed by atoms with Gasteiger partial charge in [-0.15, -0.1) is 0 Å². The zero-order valence-electron chi connectivity index (χ0n) is 17.0. The highest BCUT2D eigenvalue weighted by atomic mass is 32.2. The molecule has 0 aliphatic heterocycles. The lowest BCUT2D eigenvalue weighted by Gasteiger charge is -2.23. The van der Waals surface area contributed by atoms with Crippen LogP contribution in [0.25, 0.3) is 0 Å². The van der Waals surface area contributed by atoms with Crippen molar-refractivity contribution < 1.29 is 13.2 Å². The van der Waals surface area contributed by atoms with E-state index in [0.29, 0.717) is 17.9 Å². The smallest absolute Gasteiger partial charge is 0.264 e. The molecule has 0 spiro atoms. The van der Waals surface area contributed by atoms with Gasteiger partial charge in [-0.3, -0.25) is 9.10 Å². The lowest BCUT2D eigenvalue weighted by Crippen LogP contribution is -2.35. The van der Waals surface area contributed by atoms with Crippen molar-refractivity contribution in [3.63, 3.8) is 0 Å². The number of para-hydroxylation sites is 1. The van der Waals surface area contributed by atoms with E-state index in [-0.39, 0.29) is 22.3 Å². The van der Waals surface area contributed by atoms with E-state index < -0.39 is 10.0 Å². The van der Waals surface area contributed by atoms with Crippen molar-refractivity contribution >= 4 is 44.6 Å². The van der Waals surface area contributed by atoms with E-state index in [4.69, 9.17) is 12.2 Å². The zero-order valence-corrected chi connectivity index (χ0v) is 18.6. The average molecular weight is 454 g/mol. The molecule has 160 valence electrons. The largest absolute Gasteiger partial charge is 0.332 e. The van der Waals surface area contributed by atoms with Crippen LogP contribution in [0.4, 0.5) is 11.4 Å². The Morgan fingerprint density at radius 2 is 1.48 bits per heavy atom. The van der Waals surface area contributed by atoms with Crippen molar-refractivity contribution in [1.29, 1.82) is 0 Å². The third kappa shape index (κ3) is 5.90. The van der Waals surface area contributed by atoms with Gasteiger partial charge < -0.3 is 10.6 Å². The molecule has 0 atom stereocenters. The first kappa shape index (κ1) is 22.5. The molecule has 3 aromatic rings. The second kappa shape index (κ2) is 10.2. The molecule has 0 aliphatic rings. The van der Waals surface area contributed by atoms with E-state index in [1.165, 1.54) is 16.4 Å². The van der Waals surface area contributed by atoms with Gasteiger partial charge >= 0.3 is 0 Å². The Kier molecular flexibility index (Phi) is 7.38. The van der Waals surface area contributed by atoms with Crippen LogP contribution in [0.1, 0.15) is 12.5 Å². The van der Waals surface area contributed by atoms with Gasteiger partial charge in [-0.25, -0.2) is 8.42 Å². The van der Waals surface area contributed by atoms with E-state index in [0.717, 1.165) is 5.56 Å². The fourth-order valence-electron chi connectivity index (χ4n) is 3.04. The molecule has 31 heavy (non-hydrogen) atoms. The van der Waals surface area contributed by atoms with Crippen molar-refractivity contribution in [3.8, 4) is 0 Å². The van der Waals surface area contributed by atoms with Crippen molar-refractivity contribution in [2.45, 2.75) is 18.2 Å². The number of benzene rings is 3. The van der Waals surface area contributed by atoms with Crippen LogP contribution >= 0.6 is 12.2 Å². The molecule has 6 nitrogen and oxygen atoms in total. The van der Waals surface area contributed by atoms with Gasteiger partial charge in [-0.1, -0.05) is 48.5 Å². The second-order valence-electron chi connectivity index (χ2n) is 6.69. The number of sulfonamides is 1. The molecule has 0 unspecified atom stereocenters. The monoisotopic (exact) mass is 453 g/mol. The highest BCUT2D eigenvalue weighted by molar-refractivity contribution is 7.92. The van der Waals surface area contributed by atoms with Gasteiger partial charge in [0.25, 0.3) is 10.0 Å². The highest BCUT2D eigenvalue weighted by Gasteiger charge is 2.23. The molecule has 0 bridgehead atoms. The van der Waals surface area contributed by atoms with Crippen LogP contribution in [0.2, 0.25) is 0 Å². The van der Waals surface area contributed by atoms with E-state index in [2.05, 4.69) is 10.6 Å². The standard InChI is InChI=1S/C23H23N3O3S2/c1-2-26(20-11-7-4-8-12-20)31(28,29)21-15-13-19(14-16-21)24-23(30)25-22(27)17-18-9-5-3-6-10-18/h3-16H,2,17H2,1H3,(H2,24,25,27,30). The van der Waals surface area contributed by atoms with Crippen LogP contribution in [0.3, 0.4) is 0 Å². The Balaban J connectivity index is 1.64. The third-order valence-corrected chi connectivity index (χ3v) is 6.61. The summed E-state index contributed by atoms with van der Waals surface area (Å²) in [7, 11) is -3.70. The topological polar surface area (TPSA) is 78.5 Å². The molecule has 0 fully saturated rings. The van der Waals surface area contributed by atoms with Crippen LogP contribution < -0.4 is 14.9 Å². The lowest BCUT2D eigenvalue weighted by atomic mass is 10.1. The molecular formula is C23H23N3O3S2. The second-order valence-corrected chi connectivity index (χ2v) is 8.96. The van der Waals surface area contributed by atoms with Gasteiger partial charge in [0.1, 0.15) is 0 Å². The first-order chi connectivity index (χ1) is 14.9. The molecule has 0 aromatic heterocycles. The Hall–Kier alpha value is -3.23. The molecule has 3 aromatic carbocycles. The van der Waals surface area contributed by atoms with Crippen molar-refractivity contribution in [2.24, 2.45) is 0 Å². The SMILES string of the molecule is CCN(c1ccccc1)S(=O)(=O)c1ccc(NC(=S)NC(=O)Cc2ccccc2)cc1. The molecule has 8 heteroatoms. The number of carbonyl (C=O) groups is 1. The zero-order chi connectivity index (χ0) is 22.3. The quantitative estimate of drug-likeness (QED) is 0.530. The minimum Gasteiger partial charge on any atom is -0.332 e. The number of amides is 1. The fraction of sp³-hybridized carbons (Fsp3) is 0.130. The lowest BCUT2D eigenvalue weighted by molar-refractivity contribution is -0.119. The maximum absolute atomic E-state index is 13.0. The molecule has 0 saturated carbocycles. The Morgan fingerprint density at radius 3 is 2.06 bits per heavy atom. The average Bonchev–Trinajstić information content (AvgIpc) is 2.75. The van der Waals surface area contributed by atoms with Gasteiger partial charge in [0.05, 0.1) is 17.0 Å². The number of nitrogens with zero attached hydrogens (tertiary/aromatic N) is 1. The first-order valence-electron chi connectivity index (χ1n) is 9.73. The van der Waals surface area contributed by atoms with Gasteiger partial charge in [-0.2, -0.15) is 0 Å². The van der Waals surface area contributed by atoms with Gasteiger partial charge in [0, 0.05) is 12.2 Å². The third-order valence-electron chi connectivity index (χ3n) is 4.49. The molecule has 1 amide bonds. The van der Waals surface area contributed by atoms with Crippen molar-refractivity contribution in [1.82, 2.24) is 5.32 Å².